The summed E-state index contributed by atoms with van der Waals surface area (Å²) in [5.41, 5.74) is 0. The molecule has 0 saturated carbocycles. The molecule has 0 aromatic carbocycles. The van der Waals surface area contributed by atoms with Crippen LogP contribution in [0.4, 0.5) is 0 Å². The van der Waals surface area contributed by atoms with Gasteiger partial charge >= 0.3 is 0 Å². The van der Waals surface area contributed by atoms with Crippen LogP contribution in [0.3, 0.4) is 0 Å². The number of sulfonamides is 1. The van der Waals surface area contributed by atoms with Gasteiger partial charge in [0.25, 0.3) is 0 Å². The molecular formula is C12H25NO4S. The minimum Gasteiger partial charge on any atom is -0.381 e. The Bertz CT molecular complexity index is 310. The lowest BCUT2D eigenvalue weighted by Crippen LogP contribution is -2.34. The van der Waals surface area contributed by atoms with Gasteiger partial charge < -0.3 is 9.47 Å². The van der Waals surface area contributed by atoms with Gasteiger partial charge in [0.15, 0.2) is 0 Å². The largest absolute Gasteiger partial charge is 0.381 e. The van der Waals surface area contributed by atoms with Crippen molar-refractivity contribution < 1.29 is 17.9 Å². The molecule has 18 heavy (non-hydrogen) atoms. The van der Waals surface area contributed by atoms with Gasteiger partial charge in [-0.25, -0.2) is 13.1 Å². The highest BCUT2D eigenvalue weighted by atomic mass is 32.2. The van der Waals surface area contributed by atoms with Gasteiger partial charge in [0.05, 0.1) is 12.4 Å². The molecule has 1 saturated heterocycles. The van der Waals surface area contributed by atoms with E-state index in [1.807, 2.05) is 0 Å². The van der Waals surface area contributed by atoms with Gasteiger partial charge in [0.2, 0.25) is 10.0 Å². The third kappa shape index (κ3) is 7.31. The van der Waals surface area contributed by atoms with Crippen molar-refractivity contribution >= 4 is 10.0 Å². The number of rotatable bonds is 8. The van der Waals surface area contributed by atoms with Crippen molar-refractivity contribution in [1.82, 2.24) is 4.72 Å². The fourth-order valence-electron chi connectivity index (χ4n) is 1.87. The van der Waals surface area contributed by atoms with Gasteiger partial charge in [-0.15, -0.1) is 0 Å². The van der Waals surface area contributed by atoms with Crippen LogP contribution in [0.2, 0.25) is 0 Å². The molecular weight excluding hydrogens is 254 g/mol. The van der Waals surface area contributed by atoms with Crippen molar-refractivity contribution in [2.24, 2.45) is 11.8 Å². The minimum absolute atomic E-state index is 0.209. The zero-order valence-corrected chi connectivity index (χ0v) is 12.2. The summed E-state index contributed by atoms with van der Waals surface area (Å²) in [5, 5.41) is 0. The molecule has 0 aliphatic carbocycles. The Morgan fingerprint density at radius 1 is 1.33 bits per heavy atom. The van der Waals surface area contributed by atoms with E-state index < -0.39 is 10.0 Å². The van der Waals surface area contributed by atoms with E-state index in [0.29, 0.717) is 38.9 Å². The summed E-state index contributed by atoms with van der Waals surface area (Å²) in [6, 6.07) is 0. The Kier molecular flexibility index (Phi) is 7.14. The fourth-order valence-corrected chi connectivity index (χ4v) is 3.34. The third-order valence-corrected chi connectivity index (χ3v) is 4.37. The topological polar surface area (TPSA) is 64.6 Å². The molecule has 0 atom stereocenters. The molecule has 108 valence electrons. The average Bonchev–Trinajstić information content (AvgIpc) is 2.28. The van der Waals surface area contributed by atoms with E-state index in [2.05, 4.69) is 18.6 Å². The first-order chi connectivity index (χ1) is 8.49. The van der Waals surface area contributed by atoms with Crippen LogP contribution in [0.15, 0.2) is 0 Å². The van der Waals surface area contributed by atoms with Crippen LogP contribution in [-0.2, 0) is 19.5 Å². The second-order valence-corrected chi connectivity index (χ2v) is 7.05. The molecule has 5 nitrogen and oxygen atoms in total. The van der Waals surface area contributed by atoms with Crippen LogP contribution < -0.4 is 4.72 Å². The van der Waals surface area contributed by atoms with E-state index in [1.165, 1.54) is 0 Å². The molecule has 1 aliphatic heterocycles. The van der Waals surface area contributed by atoms with Crippen LogP contribution >= 0.6 is 0 Å². The molecule has 0 bridgehead atoms. The van der Waals surface area contributed by atoms with Gasteiger partial charge in [0, 0.05) is 26.4 Å². The maximum absolute atomic E-state index is 11.8. The average molecular weight is 279 g/mol. The number of hydrogen-bond acceptors (Lipinski definition) is 4. The first-order valence-electron chi connectivity index (χ1n) is 6.62. The van der Waals surface area contributed by atoms with Crippen LogP contribution in [0.25, 0.3) is 0 Å². The predicted octanol–water partition coefficient (Wildman–Crippen LogP) is 1.01. The van der Waals surface area contributed by atoms with Crippen LogP contribution in [0.1, 0.15) is 26.7 Å². The number of hydrogen-bond donors (Lipinski definition) is 1. The molecule has 1 rings (SSSR count). The van der Waals surface area contributed by atoms with Crippen LogP contribution in [0, 0.1) is 11.8 Å². The van der Waals surface area contributed by atoms with Gasteiger partial charge in [-0.05, 0) is 24.7 Å². The maximum Gasteiger partial charge on any atom is 0.211 e. The minimum atomic E-state index is -3.17. The number of nitrogens with one attached hydrogen (secondary N) is 1. The molecule has 6 heteroatoms. The Morgan fingerprint density at radius 2 is 2.00 bits per heavy atom. The molecule has 0 radical (unpaired) electrons. The Labute approximate surface area is 110 Å². The molecule has 0 spiro atoms. The summed E-state index contributed by atoms with van der Waals surface area (Å²) in [7, 11) is -3.17. The highest BCUT2D eigenvalue weighted by molar-refractivity contribution is 7.89. The highest BCUT2D eigenvalue weighted by Gasteiger charge is 2.21. The lowest BCUT2D eigenvalue weighted by Gasteiger charge is -2.21. The maximum atomic E-state index is 11.8. The van der Waals surface area contributed by atoms with Crippen LogP contribution in [0.5, 0.6) is 0 Å². The van der Waals surface area contributed by atoms with Gasteiger partial charge in [-0.2, -0.15) is 0 Å². The second-order valence-electron chi connectivity index (χ2n) is 5.20. The zero-order chi connectivity index (χ0) is 13.4. The molecule has 0 aromatic heterocycles. The fraction of sp³-hybridized carbons (Fsp3) is 1.00. The van der Waals surface area contributed by atoms with Crippen molar-refractivity contribution in [3.63, 3.8) is 0 Å². The Morgan fingerprint density at radius 3 is 2.61 bits per heavy atom. The molecule has 1 N–H and O–H groups in total. The summed E-state index contributed by atoms with van der Waals surface area (Å²) in [5.74, 6) is 0.914. The summed E-state index contributed by atoms with van der Waals surface area (Å²) in [6.07, 6.45) is 1.68. The predicted molar refractivity (Wildman–Crippen MR) is 71.0 cm³/mol. The highest BCUT2D eigenvalue weighted by Crippen LogP contribution is 2.16. The molecule has 0 aromatic rings. The Balaban J connectivity index is 2.14. The molecule has 0 unspecified atom stereocenters. The van der Waals surface area contributed by atoms with E-state index in [9.17, 15) is 8.42 Å². The van der Waals surface area contributed by atoms with E-state index in [0.717, 1.165) is 12.8 Å². The first-order valence-corrected chi connectivity index (χ1v) is 8.27. The SMILES string of the molecule is CC(C)COCCNS(=O)(=O)CC1CCOCC1. The number of ether oxygens (including phenoxy) is 2. The van der Waals surface area contributed by atoms with Gasteiger partial charge in [-0.3, -0.25) is 0 Å². The van der Waals surface area contributed by atoms with Crippen molar-refractivity contribution in [3.05, 3.63) is 0 Å². The second kappa shape index (κ2) is 8.09. The van der Waals surface area contributed by atoms with Gasteiger partial charge in [0.1, 0.15) is 0 Å². The van der Waals surface area contributed by atoms with Crippen molar-refractivity contribution in [1.29, 1.82) is 0 Å². The van der Waals surface area contributed by atoms with Gasteiger partial charge in [-0.1, -0.05) is 13.8 Å². The summed E-state index contributed by atoms with van der Waals surface area (Å²) >= 11 is 0. The normalized spacial score (nSPS) is 18.4. The summed E-state index contributed by atoms with van der Waals surface area (Å²) in [6.45, 7) is 6.95. The van der Waals surface area contributed by atoms with Crippen molar-refractivity contribution in [2.75, 3.05) is 38.7 Å². The Hall–Kier alpha value is -0.170. The first kappa shape index (κ1) is 15.9. The van der Waals surface area contributed by atoms with E-state index in [-0.39, 0.29) is 11.7 Å². The van der Waals surface area contributed by atoms with Crippen molar-refractivity contribution in [3.8, 4) is 0 Å². The standard InChI is InChI=1S/C12H25NO4S/c1-11(2)9-17-8-5-13-18(14,15)10-12-3-6-16-7-4-12/h11-13H,3-10H2,1-2H3. The smallest absolute Gasteiger partial charge is 0.211 e. The molecule has 1 heterocycles. The van der Waals surface area contributed by atoms with E-state index in [1.54, 1.807) is 0 Å². The lowest BCUT2D eigenvalue weighted by atomic mass is 10.0. The summed E-state index contributed by atoms with van der Waals surface area (Å²) < 4.78 is 36.7. The zero-order valence-electron chi connectivity index (χ0n) is 11.4. The monoisotopic (exact) mass is 279 g/mol. The van der Waals surface area contributed by atoms with Crippen LogP contribution in [-0.4, -0.2) is 47.1 Å². The van der Waals surface area contributed by atoms with Crippen molar-refractivity contribution in [2.45, 2.75) is 26.7 Å². The third-order valence-electron chi connectivity index (χ3n) is 2.82. The van der Waals surface area contributed by atoms with E-state index >= 15 is 0 Å². The summed E-state index contributed by atoms with van der Waals surface area (Å²) in [4.78, 5) is 0. The van der Waals surface area contributed by atoms with E-state index in [4.69, 9.17) is 9.47 Å². The quantitative estimate of drug-likeness (QED) is 0.673. The molecule has 1 aliphatic rings. The lowest BCUT2D eigenvalue weighted by molar-refractivity contribution is 0.0722. The molecule has 1 fully saturated rings. The molecule has 0 amide bonds.